The summed E-state index contributed by atoms with van der Waals surface area (Å²) in [6, 6.07) is 19.0. The monoisotopic (exact) mass is 390 g/mol. The van der Waals surface area contributed by atoms with E-state index in [0.29, 0.717) is 13.2 Å². The standard InChI is InChI=1S/C22H30N2O2.ClH/c23-13-15-24(14-12-19-5-2-1-3-6-19)17-20-8-10-21(11-9-20)26-18-22-7-4-16-25-22;/h1-3,5-6,8-11,22H,4,7,12-18,23H2;1H. The highest BCUT2D eigenvalue weighted by Crippen LogP contribution is 2.17. The summed E-state index contributed by atoms with van der Waals surface area (Å²) in [5.41, 5.74) is 8.46. The fraction of sp³-hybridized carbons (Fsp3) is 0.455. The predicted molar refractivity (Wildman–Crippen MR) is 113 cm³/mol. The number of ether oxygens (including phenoxy) is 2. The van der Waals surface area contributed by atoms with Crippen LogP contribution in [0, 0.1) is 0 Å². The highest BCUT2D eigenvalue weighted by atomic mass is 35.5. The van der Waals surface area contributed by atoms with E-state index >= 15 is 0 Å². The summed E-state index contributed by atoms with van der Waals surface area (Å²) in [7, 11) is 0. The van der Waals surface area contributed by atoms with Gasteiger partial charge in [0.2, 0.25) is 0 Å². The van der Waals surface area contributed by atoms with Crippen LogP contribution in [0.5, 0.6) is 5.75 Å². The first-order chi connectivity index (χ1) is 12.8. The van der Waals surface area contributed by atoms with Gasteiger partial charge >= 0.3 is 0 Å². The van der Waals surface area contributed by atoms with Gasteiger partial charge in [-0.3, -0.25) is 4.90 Å². The van der Waals surface area contributed by atoms with Gasteiger partial charge in [-0.15, -0.1) is 12.4 Å². The van der Waals surface area contributed by atoms with Crippen molar-refractivity contribution in [3.05, 3.63) is 65.7 Å². The van der Waals surface area contributed by atoms with Gasteiger partial charge in [0, 0.05) is 32.8 Å². The van der Waals surface area contributed by atoms with Gasteiger partial charge in [0.05, 0.1) is 6.10 Å². The molecule has 4 nitrogen and oxygen atoms in total. The van der Waals surface area contributed by atoms with E-state index in [1.807, 2.05) is 0 Å². The molecule has 0 aliphatic carbocycles. The molecule has 3 rings (SSSR count). The summed E-state index contributed by atoms with van der Waals surface area (Å²) < 4.78 is 11.4. The average molecular weight is 391 g/mol. The Morgan fingerprint density at radius 3 is 2.44 bits per heavy atom. The van der Waals surface area contributed by atoms with Crippen LogP contribution in [0.15, 0.2) is 54.6 Å². The van der Waals surface area contributed by atoms with Crippen molar-refractivity contribution >= 4 is 12.4 Å². The fourth-order valence-corrected chi connectivity index (χ4v) is 3.30. The van der Waals surface area contributed by atoms with E-state index in [1.165, 1.54) is 11.1 Å². The second kappa shape index (κ2) is 12.0. The molecule has 1 fully saturated rings. The third-order valence-electron chi connectivity index (χ3n) is 4.79. The van der Waals surface area contributed by atoms with Crippen molar-refractivity contribution in [1.29, 1.82) is 0 Å². The van der Waals surface area contributed by atoms with Crippen LogP contribution in [-0.2, 0) is 17.7 Å². The van der Waals surface area contributed by atoms with Crippen LogP contribution >= 0.6 is 12.4 Å². The van der Waals surface area contributed by atoms with Crippen LogP contribution in [0.4, 0.5) is 0 Å². The Hall–Kier alpha value is -1.59. The van der Waals surface area contributed by atoms with Crippen molar-refractivity contribution in [3.8, 4) is 5.75 Å². The Labute approximate surface area is 169 Å². The number of benzene rings is 2. The number of halogens is 1. The first kappa shape index (κ1) is 21.7. The summed E-state index contributed by atoms with van der Waals surface area (Å²) >= 11 is 0. The summed E-state index contributed by atoms with van der Waals surface area (Å²) in [6.45, 7) is 5.03. The summed E-state index contributed by atoms with van der Waals surface area (Å²) in [6.07, 6.45) is 3.55. The quantitative estimate of drug-likeness (QED) is 0.672. The summed E-state index contributed by atoms with van der Waals surface area (Å²) in [5, 5.41) is 0. The highest BCUT2D eigenvalue weighted by molar-refractivity contribution is 5.85. The third kappa shape index (κ3) is 7.51. The number of nitrogens with zero attached hydrogens (tertiary/aromatic N) is 1. The molecule has 2 aromatic rings. The van der Waals surface area contributed by atoms with Gasteiger partial charge in [0.1, 0.15) is 12.4 Å². The molecule has 1 saturated heterocycles. The number of hydrogen-bond donors (Lipinski definition) is 1. The van der Waals surface area contributed by atoms with Crippen molar-refractivity contribution in [2.75, 3.05) is 32.8 Å². The van der Waals surface area contributed by atoms with E-state index in [-0.39, 0.29) is 18.5 Å². The SMILES string of the molecule is Cl.NCCN(CCc1ccccc1)Cc1ccc(OCC2CCCO2)cc1. The van der Waals surface area contributed by atoms with Gasteiger partial charge in [0.25, 0.3) is 0 Å². The minimum Gasteiger partial charge on any atom is -0.491 e. The molecular weight excluding hydrogens is 360 g/mol. The predicted octanol–water partition coefficient (Wildman–Crippen LogP) is 3.67. The molecular formula is C22H31ClN2O2. The molecule has 2 aromatic carbocycles. The van der Waals surface area contributed by atoms with Crippen LogP contribution < -0.4 is 10.5 Å². The Morgan fingerprint density at radius 1 is 1.00 bits per heavy atom. The normalized spacial score (nSPS) is 16.3. The van der Waals surface area contributed by atoms with Crippen LogP contribution in [-0.4, -0.2) is 43.9 Å². The van der Waals surface area contributed by atoms with Crippen molar-refractivity contribution < 1.29 is 9.47 Å². The van der Waals surface area contributed by atoms with Crippen molar-refractivity contribution in [2.45, 2.75) is 31.9 Å². The van der Waals surface area contributed by atoms with Crippen LogP contribution in [0.3, 0.4) is 0 Å². The lowest BCUT2D eigenvalue weighted by molar-refractivity contribution is 0.0679. The molecule has 2 N–H and O–H groups in total. The van der Waals surface area contributed by atoms with E-state index in [2.05, 4.69) is 59.5 Å². The van der Waals surface area contributed by atoms with Gasteiger partial charge in [-0.2, -0.15) is 0 Å². The molecule has 1 heterocycles. The van der Waals surface area contributed by atoms with Gasteiger partial charge in [-0.05, 0) is 42.5 Å². The van der Waals surface area contributed by atoms with E-state index in [4.69, 9.17) is 15.2 Å². The molecule has 1 aliphatic heterocycles. The molecule has 0 aromatic heterocycles. The van der Waals surface area contributed by atoms with E-state index < -0.39 is 0 Å². The Bertz CT molecular complexity index is 631. The topological polar surface area (TPSA) is 47.7 Å². The minimum absolute atomic E-state index is 0. The number of rotatable bonds is 10. The Balaban J connectivity index is 0.00000261. The molecule has 148 valence electrons. The van der Waals surface area contributed by atoms with Gasteiger partial charge in [0.15, 0.2) is 0 Å². The smallest absolute Gasteiger partial charge is 0.119 e. The largest absolute Gasteiger partial charge is 0.491 e. The maximum absolute atomic E-state index is 5.84. The van der Waals surface area contributed by atoms with Gasteiger partial charge < -0.3 is 15.2 Å². The van der Waals surface area contributed by atoms with Gasteiger partial charge in [-0.1, -0.05) is 42.5 Å². The molecule has 0 saturated carbocycles. The third-order valence-corrected chi connectivity index (χ3v) is 4.79. The van der Waals surface area contributed by atoms with Crippen LogP contribution in [0.2, 0.25) is 0 Å². The zero-order valence-electron chi connectivity index (χ0n) is 15.9. The second-order valence-electron chi connectivity index (χ2n) is 6.89. The maximum Gasteiger partial charge on any atom is 0.119 e. The second-order valence-corrected chi connectivity index (χ2v) is 6.89. The van der Waals surface area contributed by atoms with Crippen molar-refractivity contribution in [2.24, 2.45) is 5.73 Å². The minimum atomic E-state index is 0. The molecule has 0 amide bonds. The fourth-order valence-electron chi connectivity index (χ4n) is 3.30. The van der Waals surface area contributed by atoms with Crippen molar-refractivity contribution in [3.63, 3.8) is 0 Å². The highest BCUT2D eigenvalue weighted by Gasteiger charge is 2.15. The first-order valence-corrected chi connectivity index (χ1v) is 9.63. The van der Waals surface area contributed by atoms with Crippen molar-refractivity contribution in [1.82, 2.24) is 4.90 Å². The summed E-state index contributed by atoms with van der Waals surface area (Å²) in [5.74, 6) is 0.916. The lowest BCUT2D eigenvalue weighted by Crippen LogP contribution is -2.31. The Kier molecular flexibility index (Phi) is 9.64. The number of nitrogens with two attached hydrogens (primary N) is 1. The average Bonchev–Trinajstić information content (AvgIpc) is 3.20. The zero-order chi connectivity index (χ0) is 18.0. The van der Waals surface area contributed by atoms with E-state index in [9.17, 15) is 0 Å². The zero-order valence-corrected chi connectivity index (χ0v) is 16.7. The first-order valence-electron chi connectivity index (χ1n) is 9.63. The Morgan fingerprint density at radius 2 is 1.78 bits per heavy atom. The maximum atomic E-state index is 5.84. The molecule has 5 heteroatoms. The lowest BCUT2D eigenvalue weighted by atomic mass is 10.1. The molecule has 1 unspecified atom stereocenters. The molecule has 1 aliphatic rings. The van der Waals surface area contributed by atoms with Crippen LogP contribution in [0.1, 0.15) is 24.0 Å². The lowest BCUT2D eigenvalue weighted by Gasteiger charge is -2.22. The summed E-state index contributed by atoms with van der Waals surface area (Å²) in [4.78, 5) is 2.41. The molecule has 0 bridgehead atoms. The van der Waals surface area contributed by atoms with E-state index in [0.717, 1.165) is 51.3 Å². The molecule has 0 spiro atoms. The van der Waals surface area contributed by atoms with Crippen LogP contribution in [0.25, 0.3) is 0 Å². The van der Waals surface area contributed by atoms with Gasteiger partial charge in [-0.25, -0.2) is 0 Å². The molecule has 0 radical (unpaired) electrons. The molecule has 27 heavy (non-hydrogen) atoms. The number of hydrogen-bond acceptors (Lipinski definition) is 4. The molecule has 1 atom stereocenters. The van der Waals surface area contributed by atoms with E-state index in [1.54, 1.807) is 0 Å².